The van der Waals surface area contributed by atoms with Crippen molar-refractivity contribution in [2.45, 2.75) is 32.5 Å². The molecule has 1 heterocycles. The van der Waals surface area contributed by atoms with E-state index in [9.17, 15) is 17.6 Å². The van der Waals surface area contributed by atoms with Gasteiger partial charge in [-0.3, -0.25) is 4.68 Å². The number of alkyl halides is 3. The summed E-state index contributed by atoms with van der Waals surface area (Å²) in [5, 5.41) is 4.10. The lowest BCUT2D eigenvalue weighted by molar-refractivity contribution is -0.143. The van der Waals surface area contributed by atoms with E-state index in [0.29, 0.717) is 0 Å². The fourth-order valence-corrected chi connectivity index (χ4v) is 2.33. The van der Waals surface area contributed by atoms with Gasteiger partial charge < -0.3 is 0 Å². The number of nitrogens with zero attached hydrogens (tertiary/aromatic N) is 2. The van der Waals surface area contributed by atoms with Crippen molar-refractivity contribution in [1.29, 1.82) is 0 Å². The van der Waals surface area contributed by atoms with Crippen LogP contribution in [0.2, 0.25) is 0 Å². The monoisotopic (exact) mass is 312 g/mol. The molecule has 22 heavy (non-hydrogen) atoms. The SMILES string of the molecule is C=CC(C)c1nn(CC)c(C(F)(F)F)c1-c1ccc(F)cc1. The number of aryl methyl sites for hydroxylation is 1. The lowest BCUT2D eigenvalue weighted by Crippen LogP contribution is -2.14. The van der Waals surface area contributed by atoms with Crippen LogP contribution in [0.3, 0.4) is 0 Å². The van der Waals surface area contributed by atoms with Crippen molar-refractivity contribution in [3.8, 4) is 11.1 Å². The zero-order valence-electron chi connectivity index (χ0n) is 12.3. The van der Waals surface area contributed by atoms with Gasteiger partial charge in [0.25, 0.3) is 0 Å². The molecule has 2 aromatic rings. The average molecular weight is 312 g/mol. The summed E-state index contributed by atoms with van der Waals surface area (Å²) in [6.07, 6.45) is -3.01. The number of allylic oxidation sites excluding steroid dienone is 1. The van der Waals surface area contributed by atoms with E-state index in [4.69, 9.17) is 0 Å². The van der Waals surface area contributed by atoms with E-state index >= 15 is 0 Å². The van der Waals surface area contributed by atoms with Crippen LogP contribution in [0, 0.1) is 5.82 Å². The first-order valence-corrected chi connectivity index (χ1v) is 6.86. The predicted molar refractivity (Wildman–Crippen MR) is 76.9 cm³/mol. The van der Waals surface area contributed by atoms with E-state index in [1.54, 1.807) is 13.8 Å². The fraction of sp³-hybridized carbons (Fsp3) is 0.312. The van der Waals surface area contributed by atoms with E-state index in [0.717, 1.165) is 16.8 Å². The molecular weight excluding hydrogens is 296 g/mol. The highest BCUT2D eigenvalue weighted by Crippen LogP contribution is 2.41. The van der Waals surface area contributed by atoms with Gasteiger partial charge in [-0.25, -0.2) is 4.39 Å². The molecule has 6 heteroatoms. The molecule has 0 fully saturated rings. The number of benzene rings is 1. The second-order valence-electron chi connectivity index (χ2n) is 4.95. The lowest BCUT2D eigenvalue weighted by Gasteiger charge is -2.12. The van der Waals surface area contributed by atoms with Crippen molar-refractivity contribution < 1.29 is 17.6 Å². The zero-order chi connectivity index (χ0) is 16.5. The van der Waals surface area contributed by atoms with Crippen molar-refractivity contribution in [2.24, 2.45) is 0 Å². The maximum Gasteiger partial charge on any atom is 0.433 e. The van der Waals surface area contributed by atoms with Crippen LogP contribution in [0.1, 0.15) is 31.2 Å². The summed E-state index contributed by atoms with van der Waals surface area (Å²) in [7, 11) is 0. The van der Waals surface area contributed by atoms with Crippen LogP contribution in [-0.4, -0.2) is 9.78 Å². The lowest BCUT2D eigenvalue weighted by atomic mass is 9.96. The first-order chi connectivity index (χ1) is 10.3. The maximum atomic E-state index is 13.5. The molecule has 1 aromatic carbocycles. The number of hydrogen-bond acceptors (Lipinski definition) is 1. The van der Waals surface area contributed by atoms with Gasteiger partial charge in [-0.05, 0) is 24.6 Å². The Morgan fingerprint density at radius 2 is 1.86 bits per heavy atom. The third kappa shape index (κ3) is 2.91. The van der Waals surface area contributed by atoms with Crippen LogP contribution >= 0.6 is 0 Å². The van der Waals surface area contributed by atoms with Crippen LogP contribution in [-0.2, 0) is 12.7 Å². The second kappa shape index (κ2) is 5.94. The van der Waals surface area contributed by atoms with E-state index < -0.39 is 17.7 Å². The topological polar surface area (TPSA) is 17.8 Å². The summed E-state index contributed by atoms with van der Waals surface area (Å²) >= 11 is 0. The van der Waals surface area contributed by atoms with Crippen LogP contribution < -0.4 is 0 Å². The molecular formula is C16H16F4N2. The van der Waals surface area contributed by atoms with Crippen LogP contribution in [0.25, 0.3) is 11.1 Å². The Hall–Kier alpha value is -2.11. The van der Waals surface area contributed by atoms with Gasteiger partial charge in [0.1, 0.15) is 5.82 Å². The van der Waals surface area contributed by atoms with Crippen LogP contribution in [0.15, 0.2) is 36.9 Å². The quantitative estimate of drug-likeness (QED) is 0.573. The van der Waals surface area contributed by atoms with Gasteiger partial charge in [0.05, 0.1) is 5.69 Å². The Morgan fingerprint density at radius 3 is 2.32 bits per heavy atom. The molecule has 2 nitrogen and oxygen atoms in total. The molecule has 0 aliphatic rings. The molecule has 1 aromatic heterocycles. The van der Waals surface area contributed by atoms with Crippen molar-refractivity contribution >= 4 is 0 Å². The van der Waals surface area contributed by atoms with Crippen molar-refractivity contribution in [2.75, 3.05) is 0 Å². The van der Waals surface area contributed by atoms with Gasteiger partial charge in [-0.1, -0.05) is 25.1 Å². The third-order valence-electron chi connectivity index (χ3n) is 3.47. The van der Waals surface area contributed by atoms with Crippen molar-refractivity contribution in [3.05, 3.63) is 54.1 Å². The minimum Gasteiger partial charge on any atom is -0.260 e. The second-order valence-corrected chi connectivity index (χ2v) is 4.95. The molecule has 0 amide bonds. The van der Waals surface area contributed by atoms with Crippen LogP contribution in [0.5, 0.6) is 0 Å². The van der Waals surface area contributed by atoms with Crippen LogP contribution in [0.4, 0.5) is 17.6 Å². The molecule has 118 valence electrons. The molecule has 0 radical (unpaired) electrons. The highest BCUT2D eigenvalue weighted by Gasteiger charge is 2.40. The number of hydrogen-bond donors (Lipinski definition) is 0. The first-order valence-electron chi connectivity index (χ1n) is 6.86. The summed E-state index contributed by atoms with van der Waals surface area (Å²) in [6.45, 7) is 7.03. The fourth-order valence-electron chi connectivity index (χ4n) is 2.33. The summed E-state index contributed by atoms with van der Waals surface area (Å²) in [6, 6.07) is 4.95. The number of halogens is 4. The molecule has 0 spiro atoms. The smallest absolute Gasteiger partial charge is 0.260 e. The van der Waals surface area contributed by atoms with E-state index in [1.165, 1.54) is 18.2 Å². The molecule has 0 aliphatic carbocycles. The molecule has 0 saturated heterocycles. The summed E-state index contributed by atoms with van der Waals surface area (Å²) in [4.78, 5) is 0. The number of aromatic nitrogens is 2. The molecule has 2 rings (SSSR count). The molecule has 0 aliphatic heterocycles. The van der Waals surface area contributed by atoms with Gasteiger partial charge in [0.15, 0.2) is 5.69 Å². The Kier molecular flexibility index (Phi) is 4.39. The van der Waals surface area contributed by atoms with Gasteiger partial charge in [-0.15, -0.1) is 6.58 Å². The number of rotatable bonds is 4. The minimum atomic E-state index is -4.55. The van der Waals surface area contributed by atoms with Gasteiger partial charge >= 0.3 is 6.18 Å². The normalized spacial score (nSPS) is 13.2. The highest BCUT2D eigenvalue weighted by atomic mass is 19.4. The maximum absolute atomic E-state index is 13.5. The molecule has 0 bridgehead atoms. The molecule has 0 saturated carbocycles. The summed E-state index contributed by atoms with van der Waals surface area (Å²) in [5.74, 6) is -0.854. The molecule has 1 unspecified atom stereocenters. The highest BCUT2D eigenvalue weighted by molar-refractivity contribution is 5.70. The minimum absolute atomic E-state index is 0.0123. The van der Waals surface area contributed by atoms with Crippen molar-refractivity contribution in [3.63, 3.8) is 0 Å². The van der Waals surface area contributed by atoms with Gasteiger partial charge in [0, 0.05) is 18.0 Å². The van der Waals surface area contributed by atoms with E-state index in [-0.39, 0.29) is 29.3 Å². The Balaban J connectivity index is 2.79. The summed E-state index contributed by atoms with van der Waals surface area (Å²) in [5.41, 5.74) is -0.250. The first kappa shape index (κ1) is 16.3. The third-order valence-corrected chi connectivity index (χ3v) is 3.47. The van der Waals surface area contributed by atoms with Gasteiger partial charge in [-0.2, -0.15) is 18.3 Å². The van der Waals surface area contributed by atoms with Crippen molar-refractivity contribution in [1.82, 2.24) is 9.78 Å². The Morgan fingerprint density at radius 1 is 1.27 bits per heavy atom. The van der Waals surface area contributed by atoms with E-state index in [2.05, 4.69) is 11.7 Å². The zero-order valence-corrected chi connectivity index (χ0v) is 12.3. The largest absolute Gasteiger partial charge is 0.433 e. The molecule has 1 atom stereocenters. The summed E-state index contributed by atoms with van der Waals surface area (Å²) < 4.78 is 54.5. The molecule has 0 N–H and O–H groups in total. The van der Waals surface area contributed by atoms with Gasteiger partial charge in [0.2, 0.25) is 0 Å². The Bertz CT molecular complexity index is 669. The standard InChI is InChI=1S/C16H16F4N2/c1-4-10(3)14-13(11-6-8-12(17)9-7-11)15(16(18,19)20)22(5-2)21-14/h4,6-10H,1,5H2,2-3H3. The predicted octanol–water partition coefficient (Wildman–Crippen LogP) is 5.02. The Labute approximate surface area is 126 Å². The average Bonchev–Trinajstić information content (AvgIpc) is 2.87. The van der Waals surface area contributed by atoms with E-state index in [1.807, 2.05) is 0 Å².